The van der Waals surface area contributed by atoms with E-state index < -0.39 is 21.6 Å². The lowest BCUT2D eigenvalue weighted by Crippen LogP contribution is -2.23. The number of ether oxygens (including phenoxy) is 1. The molecule has 0 spiro atoms. The number of benzene rings is 1. The molecule has 0 fully saturated rings. The molecule has 0 bridgehead atoms. The van der Waals surface area contributed by atoms with Crippen molar-refractivity contribution in [1.29, 1.82) is 5.41 Å². The van der Waals surface area contributed by atoms with Crippen LogP contribution in [0.3, 0.4) is 0 Å². The van der Waals surface area contributed by atoms with E-state index in [-0.39, 0.29) is 17.0 Å². The minimum atomic E-state index is -4.86. The minimum absolute atomic E-state index is 0.00748. The van der Waals surface area contributed by atoms with Crippen LogP contribution in [0.25, 0.3) is 0 Å². The number of amidine groups is 1. The maximum Gasteiger partial charge on any atom is 0.355 e. The van der Waals surface area contributed by atoms with Gasteiger partial charge < -0.3 is 10.5 Å². The second kappa shape index (κ2) is 5.17. The zero-order chi connectivity index (χ0) is 13.9. The largest absolute Gasteiger partial charge is 0.495 e. The van der Waals surface area contributed by atoms with Gasteiger partial charge in [-0.05, 0) is 12.1 Å². The molecule has 0 aliphatic carbocycles. The molecular formula is C9H11F2N3O3S. The molecule has 0 heterocycles. The monoisotopic (exact) mass is 279 g/mol. The Morgan fingerprint density at radius 2 is 2.11 bits per heavy atom. The Morgan fingerprint density at radius 3 is 2.56 bits per heavy atom. The van der Waals surface area contributed by atoms with E-state index in [1.54, 1.807) is 4.72 Å². The molecule has 1 aromatic carbocycles. The molecule has 0 saturated heterocycles. The van der Waals surface area contributed by atoms with Gasteiger partial charge in [0.15, 0.2) is 0 Å². The van der Waals surface area contributed by atoms with Crippen molar-refractivity contribution in [3.63, 3.8) is 0 Å². The number of hydrogen-bond acceptors (Lipinski definition) is 4. The molecule has 0 atom stereocenters. The minimum Gasteiger partial charge on any atom is -0.495 e. The number of sulfonamides is 1. The summed E-state index contributed by atoms with van der Waals surface area (Å²) in [5, 5.41) is 7.26. The summed E-state index contributed by atoms with van der Waals surface area (Å²) in [5.74, 6) is -4.07. The van der Waals surface area contributed by atoms with Gasteiger partial charge in [-0.15, -0.1) is 0 Å². The third kappa shape index (κ3) is 2.86. The Morgan fingerprint density at radius 1 is 1.50 bits per heavy atom. The van der Waals surface area contributed by atoms with Gasteiger partial charge in [0, 0.05) is 5.56 Å². The van der Waals surface area contributed by atoms with Crippen LogP contribution < -0.4 is 15.2 Å². The van der Waals surface area contributed by atoms with Crippen molar-refractivity contribution in [1.82, 2.24) is 0 Å². The first-order valence-corrected chi connectivity index (χ1v) is 6.15. The third-order valence-electron chi connectivity index (χ3n) is 2.02. The maximum atomic E-state index is 12.3. The number of nitrogen functional groups attached to an aromatic ring is 1. The maximum absolute atomic E-state index is 12.3. The quantitative estimate of drug-likeness (QED) is 0.551. The van der Waals surface area contributed by atoms with Crippen molar-refractivity contribution in [2.24, 2.45) is 5.73 Å². The van der Waals surface area contributed by atoms with Crippen molar-refractivity contribution < 1.29 is 21.9 Å². The predicted molar refractivity (Wildman–Crippen MR) is 62.6 cm³/mol. The summed E-state index contributed by atoms with van der Waals surface area (Å²) >= 11 is 0. The van der Waals surface area contributed by atoms with Crippen LogP contribution in [0.15, 0.2) is 18.2 Å². The van der Waals surface area contributed by atoms with Gasteiger partial charge in [-0.25, -0.2) is 8.42 Å². The van der Waals surface area contributed by atoms with Crippen LogP contribution in [-0.4, -0.2) is 27.1 Å². The van der Waals surface area contributed by atoms with Crippen LogP contribution in [0.5, 0.6) is 5.75 Å². The Hall–Kier alpha value is -1.90. The number of hydrogen-bond donors (Lipinski definition) is 3. The summed E-state index contributed by atoms with van der Waals surface area (Å²) in [6, 6.07) is 4.12. The standard InChI is InChI=1S/C9H11F2N3O3S/c1-17-6-4-2-3-5(8(12)13)7(6)14-18(15,16)9(10)11/h2-4,9,14H,1H3,(H3,12,13). The zero-order valence-corrected chi connectivity index (χ0v) is 10.1. The molecule has 6 nitrogen and oxygen atoms in total. The third-order valence-corrected chi connectivity index (χ3v) is 2.97. The van der Waals surface area contributed by atoms with Crippen molar-refractivity contribution in [2.45, 2.75) is 5.76 Å². The first-order chi connectivity index (χ1) is 8.29. The summed E-state index contributed by atoms with van der Waals surface area (Å²) < 4.78 is 53.3. The summed E-state index contributed by atoms with van der Waals surface area (Å²) in [4.78, 5) is 0. The molecule has 0 amide bonds. The van der Waals surface area contributed by atoms with Gasteiger partial charge in [-0.2, -0.15) is 8.78 Å². The van der Waals surface area contributed by atoms with Gasteiger partial charge in [0.05, 0.1) is 7.11 Å². The van der Waals surface area contributed by atoms with Gasteiger partial charge in [-0.3, -0.25) is 10.1 Å². The van der Waals surface area contributed by atoms with Gasteiger partial charge in [0.1, 0.15) is 17.3 Å². The van der Waals surface area contributed by atoms with Crippen LogP contribution in [0.1, 0.15) is 5.56 Å². The molecule has 100 valence electrons. The number of rotatable bonds is 5. The first kappa shape index (κ1) is 14.2. The fourth-order valence-corrected chi connectivity index (χ4v) is 1.80. The fourth-order valence-electron chi connectivity index (χ4n) is 1.22. The number of methoxy groups -OCH3 is 1. The molecule has 0 aromatic heterocycles. The molecule has 0 aliphatic rings. The highest BCUT2D eigenvalue weighted by atomic mass is 32.2. The first-order valence-electron chi connectivity index (χ1n) is 4.60. The van der Waals surface area contributed by atoms with E-state index >= 15 is 0 Å². The van der Waals surface area contributed by atoms with Crippen LogP contribution in [0.2, 0.25) is 0 Å². The second-order valence-electron chi connectivity index (χ2n) is 3.20. The zero-order valence-electron chi connectivity index (χ0n) is 9.28. The average molecular weight is 279 g/mol. The lowest BCUT2D eigenvalue weighted by Gasteiger charge is -2.14. The van der Waals surface area contributed by atoms with E-state index in [0.29, 0.717) is 0 Å². The summed E-state index contributed by atoms with van der Waals surface area (Å²) in [7, 11) is -3.62. The number of alkyl halides is 2. The highest BCUT2D eigenvalue weighted by Gasteiger charge is 2.26. The highest BCUT2D eigenvalue weighted by Crippen LogP contribution is 2.29. The van der Waals surface area contributed by atoms with Crippen LogP contribution in [-0.2, 0) is 10.0 Å². The molecule has 0 unspecified atom stereocenters. The molecule has 0 radical (unpaired) electrons. The molecule has 0 saturated carbocycles. The molecule has 18 heavy (non-hydrogen) atoms. The molecule has 1 rings (SSSR count). The highest BCUT2D eigenvalue weighted by molar-refractivity contribution is 7.93. The average Bonchev–Trinajstić information content (AvgIpc) is 2.28. The number of nitrogens with two attached hydrogens (primary N) is 1. The van der Waals surface area contributed by atoms with Crippen molar-refractivity contribution in [3.8, 4) is 5.75 Å². The van der Waals surface area contributed by atoms with E-state index in [0.717, 1.165) is 0 Å². The SMILES string of the molecule is COc1cccc(C(=N)N)c1NS(=O)(=O)C(F)F. The van der Waals surface area contributed by atoms with E-state index in [9.17, 15) is 17.2 Å². The van der Waals surface area contributed by atoms with Crippen LogP contribution in [0.4, 0.5) is 14.5 Å². The molecule has 0 aliphatic heterocycles. The molecule has 4 N–H and O–H groups in total. The van der Waals surface area contributed by atoms with Crippen molar-refractivity contribution >= 4 is 21.5 Å². The van der Waals surface area contributed by atoms with E-state index in [1.807, 2.05) is 0 Å². The van der Waals surface area contributed by atoms with Gasteiger partial charge in [0.25, 0.3) is 10.0 Å². The number of nitrogens with one attached hydrogen (secondary N) is 2. The lowest BCUT2D eigenvalue weighted by atomic mass is 10.1. The van der Waals surface area contributed by atoms with Crippen LogP contribution in [0, 0.1) is 5.41 Å². The summed E-state index contributed by atoms with van der Waals surface area (Å²) in [6.07, 6.45) is 0. The lowest BCUT2D eigenvalue weighted by molar-refractivity contribution is 0.236. The molecule has 9 heteroatoms. The van der Waals surface area contributed by atoms with Gasteiger partial charge in [0.2, 0.25) is 0 Å². The Balaban J connectivity index is 3.34. The Kier molecular flexibility index (Phi) is 4.07. The van der Waals surface area contributed by atoms with E-state index in [4.69, 9.17) is 15.9 Å². The predicted octanol–water partition coefficient (Wildman–Crippen LogP) is 0.944. The van der Waals surface area contributed by atoms with Gasteiger partial charge in [-0.1, -0.05) is 6.07 Å². The Labute approximate surface area is 102 Å². The number of anilines is 1. The van der Waals surface area contributed by atoms with E-state index in [1.165, 1.54) is 25.3 Å². The van der Waals surface area contributed by atoms with Crippen LogP contribution >= 0.6 is 0 Å². The summed E-state index contributed by atoms with van der Waals surface area (Å²) in [6.45, 7) is 0. The van der Waals surface area contributed by atoms with Gasteiger partial charge >= 0.3 is 5.76 Å². The van der Waals surface area contributed by atoms with E-state index in [2.05, 4.69) is 0 Å². The van der Waals surface area contributed by atoms with Crippen molar-refractivity contribution in [2.75, 3.05) is 11.8 Å². The fraction of sp³-hybridized carbons (Fsp3) is 0.222. The molecular weight excluding hydrogens is 268 g/mol. The normalized spacial score (nSPS) is 11.3. The number of halogens is 2. The topological polar surface area (TPSA) is 105 Å². The second-order valence-corrected chi connectivity index (χ2v) is 4.85. The molecule has 1 aromatic rings. The number of para-hydroxylation sites is 1. The van der Waals surface area contributed by atoms with Crippen molar-refractivity contribution in [3.05, 3.63) is 23.8 Å². The Bertz CT molecular complexity index is 560. The summed E-state index contributed by atoms with van der Waals surface area (Å²) in [5.41, 5.74) is 4.91. The smallest absolute Gasteiger partial charge is 0.355 e.